The summed E-state index contributed by atoms with van der Waals surface area (Å²) >= 11 is 0. The SMILES string of the molecule is Cc1ccc(N2C[C@H](C(=O)Nc3ccc(F)cc3F)CC2=O)cc1. The molecule has 1 aliphatic heterocycles. The molecule has 2 aromatic carbocycles. The Labute approximate surface area is 138 Å². The highest BCUT2D eigenvalue weighted by Crippen LogP contribution is 2.26. The Morgan fingerprint density at radius 1 is 1.17 bits per heavy atom. The lowest BCUT2D eigenvalue weighted by Gasteiger charge is -2.17. The number of amides is 2. The molecule has 1 saturated heterocycles. The summed E-state index contributed by atoms with van der Waals surface area (Å²) in [4.78, 5) is 26.0. The van der Waals surface area contributed by atoms with E-state index < -0.39 is 23.5 Å². The first-order chi connectivity index (χ1) is 11.4. The van der Waals surface area contributed by atoms with Crippen molar-refractivity contribution in [1.29, 1.82) is 0 Å². The number of hydrogen-bond acceptors (Lipinski definition) is 2. The van der Waals surface area contributed by atoms with Gasteiger partial charge < -0.3 is 10.2 Å². The molecule has 0 aromatic heterocycles. The molecule has 0 bridgehead atoms. The van der Waals surface area contributed by atoms with E-state index in [0.29, 0.717) is 6.07 Å². The van der Waals surface area contributed by atoms with Crippen LogP contribution in [0.5, 0.6) is 0 Å². The van der Waals surface area contributed by atoms with Crippen molar-refractivity contribution in [3.05, 3.63) is 59.7 Å². The molecule has 1 atom stereocenters. The molecule has 0 radical (unpaired) electrons. The first-order valence-corrected chi connectivity index (χ1v) is 7.57. The lowest BCUT2D eigenvalue weighted by molar-refractivity contribution is -0.122. The van der Waals surface area contributed by atoms with Gasteiger partial charge in [-0.2, -0.15) is 0 Å². The Bertz CT molecular complexity index is 790. The van der Waals surface area contributed by atoms with Crippen LogP contribution < -0.4 is 10.2 Å². The molecular weight excluding hydrogens is 314 g/mol. The number of carbonyl (C=O) groups is 2. The summed E-state index contributed by atoms with van der Waals surface area (Å²) in [6, 6.07) is 10.4. The first-order valence-electron chi connectivity index (χ1n) is 7.57. The lowest BCUT2D eigenvalue weighted by atomic mass is 10.1. The molecule has 1 fully saturated rings. The number of nitrogens with zero attached hydrogens (tertiary/aromatic N) is 1. The van der Waals surface area contributed by atoms with Gasteiger partial charge in [0.1, 0.15) is 11.6 Å². The Morgan fingerprint density at radius 2 is 1.88 bits per heavy atom. The average molecular weight is 330 g/mol. The molecule has 2 aromatic rings. The standard InChI is InChI=1S/C18H16F2N2O2/c1-11-2-5-14(6-3-11)22-10-12(8-17(22)23)18(24)21-16-7-4-13(19)9-15(16)20/h2-7,9,12H,8,10H2,1H3,(H,21,24)/t12-/m1/s1. The van der Waals surface area contributed by atoms with E-state index in [4.69, 9.17) is 0 Å². The molecular formula is C18H16F2N2O2. The maximum atomic E-state index is 13.6. The second-order valence-electron chi connectivity index (χ2n) is 5.85. The van der Waals surface area contributed by atoms with Crippen molar-refractivity contribution in [1.82, 2.24) is 0 Å². The quantitative estimate of drug-likeness (QED) is 0.939. The smallest absolute Gasteiger partial charge is 0.229 e. The fourth-order valence-electron chi connectivity index (χ4n) is 2.68. The second-order valence-corrected chi connectivity index (χ2v) is 5.85. The number of aryl methyl sites for hydroxylation is 1. The van der Waals surface area contributed by atoms with Crippen molar-refractivity contribution in [2.24, 2.45) is 5.92 Å². The molecule has 24 heavy (non-hydrogen) atoms. The van der Waals surface area contributed by atoms with Crippen molar-refractivity contribution in [3.8, 4) is 0 Å². The summed E-state index contributed by atoms with van der Waals surface area (Å²) in [5, 5.41) is 2.42. The molecule has 0 unspecified atom stereocenters. The molecule has 124 valence electrons. The topological polar surface area (TPSA) is 49.4 Å². The van der Waals surface area contributed by atoms with Gasteiger partial charge in [0.15, 0.2) is 0 Å². The third-order valence-electron chi connectivity index (χ3n) is 4.03. The van der Waals surface area contributed by atoms with Crippen LogP contribution in [0.25, 0.3) is 0 Å². The van der Waals surface area contributed by atoms with Gasteiger partial charge in [0, 0.05) is 24.7 Å². The molecule has 1 aliphatic rings. The summed E-state index contributed by atoms with van der Waals surface area (Å²) in [5.41, 5.74) is 1.71. The third kappa shape index (κ3) is 3.27. The zero-order valence-electron chi connectivity index (χ0n) is 13.1. The largest absolute Gasteiger partial charge is 0.323 e. The monoisotopic (exact) mass is 330 g/mol. The summed E-state index contributed by atoms with van der Waals surface area (Å²) in [6.07, 6.45) is 0.0581. The Hall–Kier alpha value is -2.76. The van der Waals surface area contributed by atoms with Crippen molar-refractivity contribution in [3.63, 3.8) is 0 Å². The molecule has 0 spiro atoms. The van der Waals surface area contributed by atoms with Gasteiger partial charge in [0.2, 0.25) is 11.8 Å². The Morgan fingerprint density at radius 3 is 2.54 bits per heavy atom. The highest BCUT2D eigenvalue weighted by atomic mass is 19.1. The van der Waals surface area contributed by atoms with Crippen LogP contribution in [0.3, 0.4) is 0 Å². The van der Waals surface area contributed by atoms with E-state index >= 15 is 0 Å². The van der Waals surface area contributed by atoms with E-state index in [0.717, 1.165) is 23.4 Å². The van der Waals surface area contributed by atoms with Gasteiger partial charge in [-0.15, -0.1) is 0 Å². The molecule has 1 heterocycles. The molecule has 6 heteroatoms. The summed E-state index contributed by atoms with van der Waals surface area (Å²) < 4.78 is 26.5. The van der Waals surface area contributed by atoms with Gasteiger partial charge in [-0.3, -0.25) is 9.59 Å². The summed E-state index contributed by atoms with van der Waals surface area (Å²) in [7, 11) is 0. The van der Waals surface area contributed by atoms with E-state index in [1.807, 2.05) is 31.2 Å². The summed E-state index contributed by atoms with van der Waals surface area (Å²) in [5.74, 6) is -2.75. The maximum absolute atomic E-state index is 13.6. The fraction of sp³-hybridized carbons (Fsp3) is 0.222. The van der Waals surface area contributed by atoms with Crippen LogP contribution in [-0.4, -0.2) is 18.4 Å². The highest BCUT2D eigenvalue weighted by Gasteiger charge is 2.35. The van der Waals surface area contributed by atoms with Gasteiger partial charge in [0.05, 0.1) is 11.6 Å². The van der Waals surface area contributed by atoms with Crippen molar-refractivity contribution < 1.29 is 18.4 Å². The molecule has 2 amide bonds. The van der Waals surface area contributed by atoms with Crippen LogP contribution in [0.1, 0.15) is 12.0 Å². The van der Waals surface area contributed by atoms with E-state index in [1.54, 1.807) is 4.90 Å². The van der Waals surface area contributed by atoms with Crippen LogP contribution in [-0.2, 0) is 9.59 Å². The predicted molar refractivity (Wildman–Crippen MR) is 86.6 cm³/mol. The first kappa shape index (κ1) is 16.1. The molecule has 4 nitrogen and oxygen atoms in total. The minimum Gasteiger partial charge on any atom is -0.323 e. The van der Waals surface area contributed by atoms with Crippen molar-refractivity contribution >= 4 is 23.2 Å². The number of carbonyl (C=O) groups excluding carboxylic acids is 2. The van der Waals surface area contributed by atoms with Gasteiger partial charge >= 0.3 is 0 Å². The highest BCUT2D eigenvalue weighted by molar-refractivity contribution is 6.03. The normalized spacial score (nSPS) is 17.2. The summed E-state index contributed by atoms with van der Waals surface area (Å²) in [6.45, 7) is 2.18. The van der Waals surface area contributed by atoms with Crippen molar-refractivity contribution in [2.75, 3.05) is 16.8 Å². The Balaban J connectivity index is 1.70. The molecule has 0 saturated carbocycles. The zero-order valence-corrected chi connectivity index (χ0v) is 13.1. The van der Waals surface area contributed by atoms with Crippen LogP contribution in [0.2, 0.25) is 0 Å². The molecule has 1 N–H and O–H groups in total. The number of halogens is 2. The minimum atomic E-state index is -0.844. The van der Waals surface area contributed by atoms with Gasteiger partial charge in [-0.1, -0.05) is 17.7 Å². The van der Waals surface area contributed by atoms with Crippen molar-refractivity contribution in [2.45, 2.75) is 13.3 Å². The van der Waals surface area contributed by atoms with Crippen LogP contribution >= 0.6 is 0 Å². The third-order valence-corrected chi connectivity index (χ3v) is 4.03. The van der Waals surface area contributed by atoms with Gasteiger partial charge in [-0.25, -0.2) is 8.78 Å². The minimum absolute atomic E-state index is 0.0581. The van der Waals surface area contributed by atoms with Crippen LogP contribution in [0.4, 0.5) is 20.2 Å². The number of anilines is 2. The number of rotatable bonds is 3. The number of benzene rings is 2. The predicted octanol–water partition coefficient (Wildman–Crippen LogP) is 3.26. The van der Waals surface area contributed by atoms with E-state index in [9.17, 15) is 18.4 Å². The van der Waals surface area contributed by atoms with E-state index in [2.05, 4.69) is 5.32 Å². The van der Waals surface area contributed by atoms with Crippen LogP contribution in [0.15, 0.2) is 42.5 Å². The zero-order chi connectivity index (χ0) is 17.3. The fourth-order valence-corrected chi connectivity index (χ4v) is 2.68. The number of nitrogens with one attached hydrogen (secondary N) is 1. The van der Waals surface area contributed by atoms with Gasteiger partial charge in [-0.05, 0) is 31.2 Å². The molecule has 3 rings (SSSR count). The average Bonchev–Trinajstić information content (AvgIpc) is 2.93. The second kappa shape index (κ2) is 6.39. The Kier molecular flexibility index (Phi) is 4.29. The van der Waals surface area contributed by atoms with E-state index in [-0.39, 0.29) is 24.6 Å². The van der Waals surface area contributed by atoms with E-state index in [1.165, 1.54) is 0 Å². The van der Waals surface area contributed by atoms with Gasteiger partial charge in [0.25, 0.3) is 0 Å². The number of hydrogen-bond donors (Lipinski definition) is 1. The molecule has 0 aliphatic carbocycles. The van der Waals surface area contributed by atoms with Crippen LogP contribution in [0, 0.1) is 24.5 Å². The lowest BCUT2D eigenvalue weighted by Crippen LogP contribution is -2.28. The maximum Gasteiger partial charge on any atom is 0.229 e.